The van der Waals surface area contributed by atoms with E-state index in [1.165, 1.54) is 27.7 Å². The molecule has 2 aliphatic carbocycles. The number of nitrogens with one attached hydrogen (secondary N) is 7. The van der Waals surface area contributed by atoms with Crippen molar-refractivity contribution in [1.82, 2.24) is 46.4 Å². The number of primary amides is 1. The smallest absolute Gasteiger partial charge is 0.410 e. The Hall–Kier alpha value is -10.8. The first-order valence-electron chi connectivity index (χ1n) is 32.6. The number of aryl methyl sites for hydroxylation is 1. The standard InChI is InChI=1S/C70H76FN11O16/c1-6-70(94)47-27-54-60-44(30-82(54)64(88)46(47)34-96-66(70)90)58-49(23-22-39-36(5)48(71)28-52(77-60)57(39)58)75-56(84)31-81(7-2)69(93)98-32-37-18-20-38(21-19-37)74-61(85)50(17-12-25-73-67(72)91)78-63(87)59(35(3)4)80-62(86)53(29-55(83)76-51-24-26-95-65(51)89)79-68(92)97-33-45-42-15-10-8-13-40(42)41-14-9-11-16-43(41)45/h8-11,13-16,18-21,27-28,35,45,49-51,53,59,94H,6-7,12,17,22-26,29-34H2,1-5H3,(H,74,85)(H,75,84)(H,76,83)(H,78,87)(H,79,92)(H,80,86)(H3,72,73,91)/t49-,50-,51-,53-,59-,70-/m0/s1. The van der Waals surface area contributed by atoms with E-state index in [9.17, 15) is 57.8 Å². The van der Waals surface area contributed by atoms with Crippen molar-refractivity contribution in [3.05, 3.63) is 151 Å². The summed E-state index contributed by atoms with van der Waals surface area (Å²) >= 11 is 0. The van der Waals surface area contributed by atoms with E-state index in [0.717, 1.165) is 22.3 Å². The molecule has 3 aliphatic heterocycles. The Morgan fingerprint density at radius 3 is 2.18 bits per heavy atom. The molecular weight excluding hydrogens is 1270 g/mol. The van der Waals surface area contributed by atoms with Gasteiger partial charge in [-0.3, -0.25) is 33.7 Å². The molecule has 6 atom stereocenters. The fourth-order valence-corrected chi connectivity index (χ4v) is 13.5. The lowest BCUT2D eigenvalue weighted by Crippen LogP contribution is -2.58. The van der Waals surface area contributed by atoms with Crippen molar-refractivity contribution < 1.29 is 76.4 Å². The number of likely N-dealkylation sites (N-methyl/N-ethyl adjacent to an activating group) is 1. The molecule has 2 aromatic heterocycles. The lowest BCUT2D eigenvalue weighted by molar-refractivity contribution is -0.172. The van der Waals surface area contributed by atoms with Crippen molar-refractivity contribution in [3.63, 3.8) is 0 Å². The third kappa shape index (κ3) is 14.1. The molecule has 27 nitrogen and oxygen atoms in total. The summed E-state index contributed by atoms with van der Waals surface area (Å²) in [5.41, 5.74) is 10.9. The highest BCUT2D eigenvalue weighted by Gasteiger charge is 2.46. The number of hydrogen-bond acceptors (Lipinski definition) is 17. The minimum atomic E-state index is -2.08. The summed E-state index contributed by atoms with van der Waals surface area (Å²) in [6.45, 7) is 7.27. The number of fused-ring (bicyclic) bond motifs is 8. The second kappa shape index (κ2) is 28.9. The molecule has 4 aromatic carbocycles. The average Bonchev–Trinajstić information content (AvgIpc) is 1.51. The van der Waals surface area contributed by atoms with Gasteiger partial charge >= 0.3 is 30.2 Å². The van der Waals surface area contributed by atoms with Gasteiger partial charge in [0.25, 0.3) is 5.56 Å². The fourth-order valence-electron chi connectivity index (χ4n) is 13.5. The average molecular weight is 1350 g/mol. The SMILES string of the molecule is CCN(CC(=O)N[C@H]1CCc2c(C)c(F)cc3nc4c(c1c23)Cn1c-4cc2c(c1=O)COC(=O)[C@]2(O)CC)C(=O)OCc1ccc(NC(=O)[C@H](CCCNC(N)=O)NC(=O)[C@@H](NC(=O)[C@H](CC(=O)N[C@H]2CCOC2=O)NC(=O)OCC2c3ccccc3-c3ccccc32)C(C)C)cc1. The Labute approximate surface area is 561 Å². The van der Waals surface area contributed by atoms with Gasteiger partial charge in [0.2, 0.25) is 29.5 Å². The Morgan fingerprint density at radius 2 is 1.52 bits per heavy atom. The zero-order valence-electron chi connectivity index (χ0n) is 54.6. The highest BCUT2D eigenvalue weighted by Crippen LogP contribution is 2.47. The maximum atomic E-state index is 15.6. The fraction of sp³-hybridized carbons (Fsp3) is 0.400. The van der Waals surface area contributed by atoms with Crippen LogP contribution in [0.15, 0.2) is 89.7 Å². The Kier molecular flexibility index (Phi) is 20.2. The van der Waals surface area contributed by atoms with Crippen molar-refractivity contribution >= 4 is 76.3 Å². The number of carbonyl (C=O) groups excluding carboxylic acids is 10. The van der Waals surface area contributed by atoms with E-state index in [0.29, 0.717) is 62.9 Å². The Bertz CT molecular complexity index is 4250. The number of halogens is 1. The van der Waals surface area contributed by atoms with Gasteiger partial charge in [-0.05, 0) is 115 Å². The number of nitrogens with zero attached hydrogens (tertiary/aromatic N) is 3. The van der Waals surface area contributed by atoms with Gasteiger partial charge in [0.1, 0.15) is 56.3 Å². The Balaban J connectivity index is 0.720. The molecule has 0 bridgehead atoms. The second-order valence-electron chi connectivity index (χ2n) is 25.3. The monoisotopic (exact) mass is 1350 g/mol. The van der Waals surface area contributed by atoms with Crippen molar-refractivity contribution in [3.8, 4) is 22.5 Å². The van der Waals surface area contributed by atoms with Gasteiger partial charge in [0.15, 0.2) is 5.60 Å². The number of alkyl carbamates (subject to hydrolysis) is 1. The predicted molar refractivity (Wildman–Crippen MR) is 351 cm³/mol. The number of amides is 9. The first kappa shape index (κ1) is 68.6. The number of anilines is 1. The van der Waals surface area contributed by atoms with Gasteiger partial charge in [-0.15, -0.1) is 0 Å². The number of nitrogens with two attached hydrogens (primary N) is 1. The number of esters is 2. The number of urea groups is 1. The number of aromatic nitrogens is 2. The van der Waals surface area contributed by atoms with E-state index >= 15 is 4.39 Å². The van der Waals surface area contributed by atoms with E-state index in [1.54, 1.807) is 52.8 Å². The minimum absolute atomic E-state index is 0.0294. The molecule has 0 radical (unpaired) electrons. The van der Waals surface area contributed by atoms with Crippen LogP contribution in [0.2, 0.25) is 0 Å². The summed E-state index contributed by atoms with van der Waals surface area (Å²) in [6.07, 6.45) is -1.58. The van der Waals surface area contributed by atoms with E-state index in [4.69, 9.17) is 29.7 Å². The van der Waals surface area contributed by atoms with Gasteiger partial charge in [-0.1, -0.05) is 81.4 Å². The number of cyclic esters (lactones) is 2. The van der Waals surface area contributed by atoms with Crippen LogP contribution in [-0.4, -0.2) is 136 Å². The molecule has 5 heterocycles. The maximum Gasteiger partial charge on any atom is 0.410 e. The molecule has 28 heteroatoms. The summed E-state index contributed by atoms with van der Waals surface area (Å²) in [7, 11) is 0. The molecule has 0 spiro atoms. The zero-order valence-corrected chi connectivity index (χ0v) is 54.6. The van der Waals surface area contributed by atoms with Crippen molar-refractivity contribution in [2.45, 2.75) is 141 Å². The number of carbonyl (C=O) groups is 10. The third-order valence-electron chi connectivity index (χ3n) is 18.7. The number of ether oxygens (including phenoxy) is 4. The topological polar surface area (TPSA) is 376 Å². The molecule has 6 aromatic rings. The van der Waals surface area contributed by atoms with Gasteiger partial charge in [-0.25, -0.2) is 33.3 Å². The quantitative estimate of drug-likeness (QED) is 0.0218. The first-order valence-corrected chi connectivity index (χ1v) is 32.6. The predicted octanol–water partition coefficient (Wildman–Crippen LogP) is 5.03. The van der Waals surface area contributed by atoms with E-state index in [2.05, 4.69) is 37.2 Å². The van der Waals surface area contributed by atoms with Crippen molar-refractivity contribution in [2.75, 3.05) is 38.2 Å². The highest BCUT2D eigenvalue weighted by molar-refractivity contribution is 6.00. The Morgan fingerprint density at radius 1 is 0.816 bits per heavy atom. The molecule has 0 saturated carbocycles. The third-order valence-corrected chi connectivity index (χ3v) is 18.7. The van der Waals surface area contributed by atoms with Crippen LogP contribution in [0.1, 0.15) is 128 Å². The van der Waals surface area contributed by atoms with E-state index < -0.39 is 126 Å². The summed E-state index contributed by atoms with van der Waals surface area (Å²) in [6, 6.07) is 17.7. The largest absolute Gasteiger partial charge is 0.464 e. The van der Waals surface area contributed by atoms with Crippen LogP contribution in [0, 0.1) is 18.7 Å². The normalized spacial score (nSPS) is 17.8. The lowest BCUT2D eigenvalue weighted by Gasteiger charge is -2.31. The number of pyridine rings is 2. The number of hydrogen-bond donors (Lipinski definition) is 9. The van der Waals surface area contributed by atoms with Gasteiger partial charge in [0, 0.05) is 53.7 Å². The lowest BCUT2D eigenvalue weighted by atomic mass is 9.81. The van der Waals surface area contributed by atoms with Gasteiger partial charge in [0.05, 0.1) is 48.1 Å². The molecule has 0 unspecified atom stereocenters. The van der Waals surface area contributed by atoms with Crippen LogP contribution in [0.4, 0.5) is 24.5 Å². The summed E-state index contributed by atoms with van der Waals surface area (Å²) < 4.78 is 38.6. The van der Waals surface area contributed by atoms with Crippen LogP contribution in [-0.2, 0) is 84.3 Å². The van der Waals surface area contributed by atoms with Crippen LogP contribution in [0.5, 0.6) is 0 Å². The molecule has 5 aliphatic rings. The van der Waals surface area contributed by atoms with Crippen LogP contribution in [0.3, 0.4) is 0 Å². The molecule has 1 saturated heterocycles. The van der Waals surface area contributed by atoms with E-state index in [-0.39, 0.29) is 94.5 Å². The molecule has 514 valence electrons. The van der Waals surface area contributed by atoms with Gasteiger partial charge < -0.3 is 71.6 Å². The number of rotatable bonds is 24. The van der Waals surface area contributed by atoms with Crippen molar-refractivity contribution in [2.24, 2.45) is 11.7 Å². The minimum Gasteiger partial charge on any atom is -0.464 e. The summed E-state index contributed by atoms with van der Waals surface area (Å²) in [5, 5.41) is 30.7. The van der Waals surface area contributed by atoms with Gasteiger partial charge in [-0.2, -0.15) is 0 Å². The molecule has 1 fully saturated rings. The molecule has 9 amide bonds. The van der Waals surface area contributed by atoms with Crippen molar-refractivity contribution in [1.29, 1.82) is 0 Å². The highest BCUT2D eigenvalue weighted by atomic mass is 19.1. The van der Waals surface area contributed by atoms with Crippen LogP contribution < -0.4 is 48.5 Å². The second-order valence-corrected chi connectivity index (χ2v) is 25.3. The van der Waals surface area contributed by atoms with Crippen LogP contribution in [0.25, 0.3) is 33.4 Å². The van der Waals surface area contributed by atoms with E-state index in [1.807, 2.05) is 48.5 Å². The zero-order chi connectivity index (χ0) is 69.9. The maximum absolute atomic E-state index is 15.6. The number of aliphatic hydroxyl groups is 1. The molecular formula is C70H76FN11O16. The number of benzene rings is 4. The molecule has 11 rings (SSSR count). The molecule has 10 N–H and O–H groups in total. The first-order chi connectivity index (χ1) is 47.0. The van der Waals surface area contributed by atoms with Crippen LogP contribution >= 0.6 is 0 Å². The molecule has 98 heavy (non-hydrogen) atoms. The summed E-state index contributed by atoms with van der Waals surface area (Å²) in [5.74, 6) is -6.79. The summed E-state index contributed by atoms with van der Waals surface area (Å²) in [4.78, 5) is 154.